The molecule has 0 bridgehead atoms. The maximum Gasteiger partial charge on any atom is 0.407 e. The van der Waals surface area contributed by atoms with Gasteiger partial charge in [-0.15, -0.1) is 0 Å². The van der Waals surface area contributed by atoms with Crippen LogP contribution < -0.4 is 10.8 Å². The summed E-state index contributed by atoms with van der Waals surface area (Å²) >= 11 is 0. The molecule has 2 atom stereocenters. The molecular formula is C20H20N6O5. The van der Waals surface area contributed by atoms with Crippen molar-refractivity contribution in [3.63, 3.8) is 0 Å². The Labute approximate surface area is 176 Å². The molecule has 0 aliphatic carbocycles. The number of nitrogens with one attached hydrogen (secondary N) is 2. The van der Waals surface area contributed by atoms with Gasteiger partial charge in [0.25, 0.3) is 5.91 Å². The molecule has 0 radical (unpaired) electrons. The molecule has 1 fully saturated rings. The third-order valence-corrected chi connectivity index (χ3v) is 5.32. The zero-order chi connectivity index (χ0) is 22.0. The van der Waals surface area contributed by atoms with Gasteiger partial charge in [0.05, 0.1) is 23.8 Å². The number of likely N-dealkylation sites (tertiary alicyclic amines) is 1. The lowest BCUT2D eigenvalue weighted by Gasteiger charge is -2.18. The Balaban J connectivity index is 1.44. The minimum atomic E-state index is -1.20. The summed E-state index contributed by atoms with van der Waals surface area (Å²) in [7, 11) is 0. The normalized spacial score (nSPS) is 18.2. The monoisotopic (exact) mass is 424 g/mol. The Hall–Kier alpha value is -3.99. The molecule has 4 rings (SSSR count). The molecule has 3 aromatic rings. The minimum absolute atomic E-state index is 0.0427. The van der Waals surface area contributed by atoms with Crippen molar-refractivity contribution in [2.45, 2.75) is 12.6 Å². The molecule has 2 aromatic heterocycles. The zero-order valence-electron chi connectivity index (χ0n) is 16.3. The number of pyridine rings is 1. The molecular weight excluding hydrogens is 404 g/mol. The van der Waals surface area contributed by atoms with Gasteiger partial charge in [-0.2, -0.15) is 0 Å². The summed E-state index contributed by atoms with van der Waals surface area (Å²) < 4.78 is 1.95. The Morgan fingerprint density at radius 3 is 2.58 bits per heavy atom. The highest BCUT2D eigenvalue weighted by molar-refractivity contribution is 5.95. The number of benzene rings is 1. The van der Waals surface area contributed by atoms with E-state index in [0.29, 0.717) is 17.8 Å². The number of hydrogen-bond donors (Lipinski definition) is 4. The number of hydrogen-bond acceptors (Lipinski definition) is 6. The number of fused-ring (bicyclic) bond motifs is 1. The summed E-state index contributed by atoms with van der Waals surface area (Å²) in [6.07, 6.45) is 2.19. The van der Waals surface area contributed by atoms with Gasteiger partial charge in [-0.1, -0.05) is 12.1 Å². The van der Waals surface area contributed by atoms with Crippen molar-refractivity contribution in [1.82, 2.24) is 30.2 Å². The van der Waals surface area contributed by atoms with Crippen LogP contribution in [0.2, 0.25) is 0 Å². The van der Waals surface area contributed by atoms with Crippen molar-refractivity contribution in [2.75, 3.05) is 13.1 Å². The van der Waals surface area contributed by atoms with Crippen molar-refractivity contribution >= 4 is 29.1 Å². The van der Waals surface area contributed by atoms with E-state index >= 15 is 0 Å². The van der Waals surface area contributed by atoms with Crippen LogP contribution in [0.5, 0.6) is 0 Å². The maximum atomic E-state index is 12.6. The molecule has 1 aromatic carbocycles. The molecule has 0 unspecified atom stereocenters. The third kappa shape index (κ3) is 4.16. The van der Waals surface area contributed by atoms with E-state index in [0.717, 1.165) is 16.0 Å². The molecule has 0 saturated carbocycles. The van der Waals surface area contributed by atoms with Crippen LogP contribution in [-0.2, 0) is 11.3 Å². The first-order valence-corrected chi connectivity index (χ1v) is 9.53. The second kappa shape index (κ2) is 8.40. The highest BCUT2D eigenvalue weighted by Gasteiger charge is 2.40. The molecule has 31 heavy (non-hydrogen) atoms. The number of rotatable bonds is 5. The molecule has 3 amide bonds. The standard InChI is InChI=1S/C20H20N6O5/c27-18(23-15-10-25(20(29)30)9-14(15)19(28)24-31)13-5-3-12(4-6-13)8-26-11-22-17-16(26)2-1-7-21-17/h1-7,11,14-15,31H,8-10H2,(H,23,27)(H,24,28)(H,29,30)/t14-,15+/m0/s1. The third-order valence-electron chi connectivity index (χ3n) is 5.32. The average molecular weight is 424 g/mol. The van der Waals surface area contributed by atoms with Gasteiger partial charge in [0.15, 0.2) is 5.65 Å². The molecule has 0 spiro atoms. The van der Waals surface area contributed by atoms with Crippen molar-refractivity contribution in [3.8, 4) is 0 Å². The molecule has 160 valence electrons. The number of carbonyl (C=O) groups excluding carboxylic acids is 2. The zero-order valence-corrected chi connectivity index (χ0v) is 16.3. The van der Waals surface area contributed by atoms with E-state index in [1.165, 1.54) is 5.48 Å². The number of imidazole rings is 1. The molecule has 1 aliphatic rings. The van der Waals surface area contributed by atoms with Gasteiger partial charge in [0.2, 0.25) is 5.91 Å². The van der Waals surface area contributed by atoms with Crippen LogP contribution in [0, 0.1) is 5.92 Å². The van der Waals surface area contributed by atoms with Crippen LogP contribution in [0.3, 0.4) is 0 Å². The highest BCUT2D eigenvalue weighted by atomic mass is 16.5. The summed E-state index contributed by atoms with van der Waals surface area (Å²) in [6, 6.07) is 9.96. The van der Waals surface area contributed by atoms with E-state index in [-0.39, 0.29) is 13.1 Å². The van der Waals surface area contributed by atoms with Gasteiger partial charge in [-0.05, 0) is 29.8 Å². The lowest BCUT2D eigenvalue weighted by Crippen LogP contribution is -2.45. The number of aromatic nitrogens is 3. The molecule has 11 nitrogen and oxygen atoms in total. The van der Waals surface area contributed by atoms with Gasteiger partial charge >= 0.3 is 6.09 Å². The summed E-state index contributed by atoms with van der Waals surface area (Å²) in [5.74, 6) is -2.06. The topological polar surface area (TPSA) is 150 Å². The Kier molecular flexibility index (Phi) is 5.50. The van der Waals surface area contributed by atoms with Crippen LogP contribution in [0.15, 0.2) is 48.9 Å². The van der Waals surface area contributed by atoms with E-state index in [1.54, 1.807) is 24.7 Å². The van der Waals surface area contributed by atoms with E-state index in [1.807, 2.05) is 28.8 Å². The van der Waals surface area contributed by atoms with Gasteiger partial charge in [-0.3, -0.25) is 14.8 Å². The Morgan fingerprint density at radius 1 is 1.10 bits per heavy atom. The second-order valence-corrected chi connectivity index (χ2v) is 7.27. The predicted molar refractivity (Wildman–Crippen MR) is 107 cm³/mol. The Morgan fingerprint density at radius 2 is 1.87 bits per heavy atom. The molecule has 11 heteroatoms. The molecule has 3 heterocycles. The lowest BCUT2D eigenvalue weighted by molar-refractivity contribution is -0.133. The first-order valence-electron chi connectivity index (χ1n) is 9.53. The smallest absolute Gasteiger partial charge is 0.407 e. The summed E-state index contributed by atoms with van der Waals surface area (Å²) in [4.78, 5) is 45.2. The number of carbonyl (C=O) groups is 3. The van der Waals surface area contributed by atoms with Crippen LogP contribution in [-0.4, -0.2) is 66.8 Å². The number of carboxylic acid groups (broad SMARTS) is 1. The van der Waals surface area contributed by atoms with Crippen LogP contribution in [0.4, 0.5) is 4.79 Å². The fourth-order valence-electron chi connectivity index (χ4n) is 3.69. The number of nitrogens with zero attached hydrogens (tertiary/aromatic N) is 4. The lowest BCUT2D eigenvalue weighted by atomic mass is 10.0. The SMILES string of the molecule is O=C(N[C@@H]1CN(C(=O)O)C[C@@H]1C(=O)NO)c1ccc(Cn2cnc3ncccc32)cc1. The predicted octanol–water partition coefficient (Wildman–Crippen LogP) is 0.693. The number of hydroxylamine groups is 1. The summed E-state index contributed by atoms with van der Waals surface area (Å²) in [5.41, 5.74) is 4.42. The average Bonchev–Trinajstić information content (AvgIpc) is 3.38. The fourth-order valence-corrected chi connectivity index (χ4v) is 3.69. The quantitative estimate of drug-likeness (QED) is 0.348. The van der Waals surface area contributed by atoms with Gasteiger partial charge in [0.1, 0.15) is 0 Å². The van der Waals surface area contributed by atoms with E-state index in [2.05, 4.69) is 15.3 Å². The first kappa shape index (κ1) is 20.3. The van der Waals surface area contributed by atoms with Crippen LogP contribution in [0.25, 0.3) is 11.2 Å². The van der Waals surface area contributed by atoms with Crippen molar-refractivity contribution in [1.29, 1.82) is 0 Å². The van der Waals surface area contributed by atoms with Gasteiger partial charge in [-0.25, -0.2) is 20.2 Å². The molecule has 1 saturated heterocycles. The van der Waals surface area contributed by atoms with Crippen LogP contribution >= 0.6 is 0 Å². The van der Waals surface area contributed by atoms with E-state index < -0.39 is 29.9 Å². The molecule has 4 N–H and O–H groups in total. The van der Waals surface area contributed by atoms with Crippen molar-refractivity contribution in [3.05, 3.63) is 60.0 Å². The number of amides is 3. The summed E-state index contributed by atoms with van der Waals surface area (Å²) in [5, 5.41) is 20.8. The highest BCUT2D eigenvalue weighted by Crippen LogP contribution is 2.19. The molecule has 1 aliphatic heterocycles. The van der Waals surface area contributed by atoms with Gasteiger partial charge in [0, 0.05) is 31.4 Å². The van der Waals surface area contributed by atoms with Crippen molar-refractivity contribution in [2.24, 2.45) is 5.92 Å². The van der Waals surface area contributed by atoms with Crippen LogP contribution in [0.1, 0.15) is 15.9 Å². The largest absolute Gasteiger partial charge is 0.465 e. The van der Waals surface area contributed by atoms with Crippen molar-refractivity contribution < 1.29 is 24.7 Å². The fraction of sp³-hybridized carbons (Fsp3) is 0.250. The second-order valence-electron chi connectivity index (χ2n) is 7.27. The first-order chi connectivity index (χ1) is 15.0. The summed E-state index contributed by atoms with van der Waals surface area (Å²) in [6.45, 7) is 0.400. The maximum absolute atomic E-state index is 12.6. The van der Waals surface area contributed by atoms with Gasteiger partial charge < -0.3 is 19.9 Å². The van der Waals surface area contributed by atoms with E-state index in [4.69, 9.17) is 10.3 Å². The Bertz CT molecular complexity index is 1130. The van der Waals surface area contributed by atoms with E-state index in [9.17, 15) is 14.4 Å². The minimum Gasteiger partial charge on any atom is -0.465 e.